The van der Waals surface area contributed by atoms with Crippen LogP contribution in [0.5, 0.6) is 0 Å². The summed E-state index contributed by atoms with van der Waals surface area (Å²) < 4.78 is 0. The van der Waals surface area contributed by atoms with Gasteiger partial charge in [0, 0.05) is 0 Å². The third-order valence-corrected chi connectivity index (χ3v) is 3.69. The molecule has 4 nitrogen and oxygen atoms in total. The van der Waals surface area contributed by atoms with Crippen molar-refractivity contribution in [2.24, 2.45) is 0 Å². The van der Waals surface area contributed by atoms with Crippen LogP contribution in [0.3, 0.4) is 0 Å². The molecule has 0 heterocycles. The Morgan fingerprint density at radius 1 is 1.05 bits per heavy atom. The lowest BCUT2D eigenvalue weighted by Crippen LogP contribution is -2.40. The lowest BCUT2D eigenvalue weighted by molar-refractivity contribution is 0.214. The van der Waals surface area contributed by atoms with Crippen molar-refractivity contribution < 1.29 is 9.90 Å². The molecule has 4 heteroatoms. The van der Waals surface area contributed by atoms with Crippen LogP contribution in [0.2, 0.25) is 0 Å². The summed E-state index contributed by atoms with van der Waals surface area (Å²) >= 11 is 0. The van der Waals surface area contributed by atoms with Crippen molar-refractivity contribution in [2.75, 3.05) is 6.61 Å². The largest absolute Gasteiger partial charge is 0.394 e. The molecular weight excluding hydrogens is 276 g/mol. The lowest BCUT2D eigenvalue weighted by Gasteiger charge is -2.21. The Morgan fingerprint density at radius 2 is 1.68 bits per heavy atom. The van der Waals surface area contributed by atoms with Gasteiger partial charge in [0.2, 0.25) is 0 Å². The molecule has 0 aromatic heterocycles. The molecule has 0 bridgehead atoms. The summed E-state index contributed by atoms with van der Waals surface area (Å²) in [6.45, 7) is 3.82. The maximum Gasteiger partial charge on any atom is 0.315 e. The minimum atomic E-state index is -0.412. The van der Waals surface area contributed by atoms with Crippen molar-refractivity contribution in [3.8, 4) is 0 Å². The average Bonchev–Trinajstić information content (AvgIpc) is 2.53. The van der Waals surface area contributed by atoms with Crippen LogP contribution < -0.4 is 10.6 Å². The Hall–Kier alpha value is -2.33. The van der Waals surface area contributed by atoms with Gasteiger partial charge >= 0.3 is 6.03 Å². The lowest BCUT2D eigenvalue weighted by atomic mass is 10.0. The fourth-order valence-corrected chi connectivity index (χ4v) is 2.47. The minimum absolute atomic E-state index is 0.101. The molecule has 2 amide bonds. The fraction of sp³-hybridized carbons (Fsp3) is 0.278. The van der Waals surface area contributed by atoms with Gasteiger partial charge in [-0.25, -0.2) is 4.79 Å². The summed E-state index contributed by atoms with van der Waals surface area (Å²) in [6, 6.07) is 16.6. The Balaban J connectivity index is 1.99. The number of rotatable bonds is 5. The Morgan fingerprint density at radius 3 is 2.32 bits per heavy atom. The summed E-state index contributed by atoms with van der Waals surface area (Å²) in [4.78, 5) is 12.1. The van der Waals surface area contributed by atoms with Crippen molar-refractivity contribution in [3.05, 3.63) is 71.3 Å². The highest BCUT2D eigenvalue weighted by molar-refractivity contribution is 5.75. The first-order valence-corrected chi connectivity index (χ1v) is 7.40. The molecule has 22 heavy (non-hydrogen) atoms. The molecule has 0 saturated carbocycles. The molecule has 0 aliphatic rings. The van der Waals surface area contributed by atoms with E-state index in [0.29, 0.717) is 0 Å². The van der Waals surface area contributed by atoms with Crippen LogP contribution in [0.1, 0.15) is 35.7 Å². The molecule has 2 rings (SSSR count). The second-order valence-electron chi connectivity index (χ2n) is 5.34. The van der Waals surface area contributed by atoms with Gasteiger partial charge in [0.25, 0.3) is 0 Å². The second kappa shape index (κ2) is 7.61. The summed E-state index contributed by atoms with van der Waals surface area (Å²) in [5.41, 5.74) is 3.10. The highest BCUT2D eigenvalue weighted by Gasteiger charge is 2.16. The third kappa shape index (κ3) is 4.09. The molecule has 116 valence electrons. The van der Waals surface area contributed by atoms with Gasteiger partial charge in [0.1, 0.15) is 0 Å². The van der Waals surface area contributed by atoms with Crippen LogP contribution in [0.15, 0.2) is 54.6 Å². The predicted octanol–water partition coefficient (Wildman–Crippen LogP) is 3.09. The molecule has 2 unspecified atom stereocenters. The van der Waals surface area contributed by atoms with E-state index < -0.39 is 6.04 Å². The first-order valence-electron chi connectivity index (χ1n) is 7.40. The number of aryl methyl sites for hydroxylation is 1. The maximum atomic E-state index is 12.1. The zero-order valence-corrected chi connectivity index (χ0v) is 12.9. The van der Waals surface area contributed by atoms with E-state index in [9.17, 15) is 9.90 Å². The number of nitrogens with one attached hydrogen (secondary N) is 2. The van der Waals surface area contributed by atoms with Crippen molar-refractivity contribution >= 4 is 6.03 Å². The number of urea groups is 1. The van der Waals surface area contributed by atoms with Gasteiger partial charge < -0.3 is 15.7 Å². The third-order valence-electron chi connectivity index (χ3n) is 3.69. The highest BCUT2D eigenvalue weighted by Crippen LogP contribution is 2.17. The molecule has 0 spiro atoms. The van der Waals surface area contributed by atoms with Gasteiger partial charge in [-0.05, 0) is 30.5 Å². The average molecular weight is 298 g/mol. The maximum absolute atomic E-state index is 12.1. The molecule has 2 atom stereocenters. The molecule has 2 aromatic rings. The van der Waals surface area contributed by atoms with Crippen LogP contribution in [0.25, 0.3) is 0 Å². The number of carbonyl (C=O) groups excluding carboxylic acids is 1. The summed E-state index contributed by atoms with van der Waals surface area (Å²) in [6.07, 6.45) is 0. The molecule has 0 aliphatic heterocycles. The topological polar surface area (TPSA) is 61.4 Å². The van der Waals surface area contributed by atoms with Gasteiger partial charge in [0.05, 0.1) is 18.7 Å². The molecule has 3 N–H and O–H groups in total. The van der Waals surface area contributed by atoms with Crippen molar-refractivity contribution in [2.45, 2.75) is 25.9 Å². The second-order valence-corrected chi connectivity index (χ2v) is 5.34. The number of carbonyl (C=O) groups is 1. The van der Waals surface area contributed by atoms with E-state index in [0.717, 1.165) is 16.7 Å². The normalized spacial score (nSPS) is 13.2. The first-order chi connectivity index (χ1) is 10.6. The number of benzene rings is 2. The van der Waals surface area contributed by atoms with Gasteiger partial charge in [-0.3, -0.25) is 0 Å². The van der Waals surface area contributed by atoms with E-state index in [2.05, 4.69) is 10.6 Å². The van der Waals surface area contributed by atoms with Crippen LogP contribution in [-0.2, 0) is 0 Å². The standard InChI is InChI=1S/C18H22N2O2/c1-13-8-6-7-11-16(13)14(2)19-18(22)20-17(12-21)15-9-4-3-5-10-15/h3-11,14,17,21H,12H2,1-2H3,(H2,19,20,22). The SMILES string of the molecule is Cc1ccccc1C(C)NC(=O)NC(CO)c1ccccc1. The van der Waals surface area contributed by atoms with Gasteiger partial charge in [0.15, 0.2) is 0 Å². The highest BCUT2D eigenvalue weighted by atomic mass is 16.3. The Bertz CT molecular complexity index is 613. The van der Waals surface area contributed by atoms with Crippen LogP contribution in [0, 0.1) is 6.92 Å². The molecule has 0 radical (unpaired) electrons. The zero-order valence-electron chi connectivity index (χ0n) is 12.9. The summed E-state index contributed by atoms with van der Waals surface area (Å²) in [5, 5.41) is 15.2. The van der Waals surface area contributed by atoms with Crippen LogP contribution >= 0.6 is 0 Å². The smallest absolute Gasteiger partial charge is 0.315 e. The number of amides is 2. The zero-order chi connectivity index (χ0) is 15.9. The van der Waals surface area contributed by atoms with E-state index in [1.165, 1.54) is 0 Å². The van der Waals surface area contributed by atoms with E-state index >= 15 is 0 Å². The van der Waals surface area contributed by atoms with Gasteiger partial charge in [-0.2, -0.15) is 0 Å². The predicted molar refractivity (Wildman–Crippen MR) is 87.5 cm³/mol. The molecule has 0 fully saturated rings. The fourth-order valence-electron chi connectivity index (χ4n) is 2.47. The number of hydrogen-bond donors (Lipinski definition) is 3. The quantitative estimate of drug-likeness (QED) is 0.794. The number of aliphatic hydroxyl groups is 1. The van der Waals surface area contributed by atoms with Gasteiger partial charge in [-0.15, -0.1) is 0 Å². The molecular formula is C18H22N2O2. The van der Waals surface area contributed by atoms with Crippen molar-refractivity contribution in [1.82, 2.24) is 10.6 Å². The monoisotopic (exact) mass is 298 g/mol. The van der Waals surface area contributed by atoms with Crippen LogP contribution in [-0.4, -0.2) is 17.7 Å². The van der Waals surface area contributed by atoms with Crippen molar-refractivity contribution in [3.63, 3.8) is 0 Å². The van der Waals surface area contributed by atoms with Crippen molar-refractivity contribution in [1.29, 1.82) is 0 Å². The first kappa shape index (κ1) is 16.0. The Labute approximate surface area is 131 Å². The molecule has 2 aromatic carbocycles. The summed E-state index contributed by atoms with van der Waals surface area (Å²) in [5.74, 6) is 0. The van der Waals surface area contributed by atoms with E-state index in [-0.39, 0.29) is 18.7 Å². The summed E-state index contributed by atoms with van der Waals surface area (Å²) in [7, 11) is 0. The molecule has 0 aliphatic carbocycles. The number of aliphatic hydroxyl groups excluding tert-OH is 1. The minimum Gasteiger partial charge on any atom is -0.394 e. The van der Waals surface area contributed by atoms with E-state index in [4.69, 9.17) is 0 Å². The number of hydrogen-bond acceptors (Lipinski definition) is 2. The van der Waals surface area contributed by atoms with E-state index in [1.54, 1.807) is 0 Å². The van der Waals surface area contributed by atoms with E-state index in [1.807, 2.05) is 68.4 Å². The Kier molecular flexibility index (Phi) is 5.55. The van der Waals surface area contributed by atoms with Gasteiger partial charge in [-0.1, -0.05) is 54.6 Å². The van der Waals surface area contributed by atoms with Crippen LogP contribution in [0.4, 0.5) is 4.79 Å². The molecule has 0 saturated heterocycles.